The topological polar surface area (TPSA) is 77.8 Å². The molecule has 3 heterocycles. The highest BCUT2D eigenvalue weighted by Gasteiger charge is 2.09. The zero-order valence-corrected chi connectivity index (χ0v) is 15.0. The molecule has 0 aliphatic rings. The number of ether oxygens (including phenoxy) is 1. The van der Waals surface area contributed by atoms with Crippen molar-refractivity contribution in [1.29, 1.82) is 0 Å². The highest BCUT2D eigenvalue weighted by molar-refractivity contribution is 5.64. The zero-order valence-electron chi connectivity index (χ0n) is 15.0. The van der Waals surface area contributed by atoms with Gasteiger partial charge < -0.3 is 14.6 Å². The van der Waals surface area contributed by atoms with Crippen molar-refractivity contribution in [2.45, 2.75) is 6.92 Å². The quantitative estimate of drug-likeness (QED) is 0.585. The van der Waals surface area contributed by atoms with Crippen LogP contribution in [0.3, 0.4) is 0 Å². The molecular weight excluding hydrogens is 340 g/mol. The summed E-state index contributed by atoms with van der Waals surface area (Å²) in [5.74, 6) is 1.23. The molecule has 3 aromatic heterocycles. The van der Waals surface area contributed by atoms with E-state index in [0.717, 1.165) is 34.1 Å². The summed E-state index contributed by atoms with van der Waals surface area (Å²) in [6.45, 7) is 1.95. The molecule has 4 aromatic rings. The lowest BCUT2D eigenvalue weighted by Gasteiger charge is -2.12. The number of hydrogen-bond donors (Lipinski definition) is 1. The predicted octanol–water partition coefficient (Wildman–Crippen LogP) is 3.78. The van der Waals surface area contributed by atoms with Crippen molar-refractivity contribution in [1.82, 2.24) is 24.5 Å². The number of anilines is 2. The molecule has 0 amide bonds. The Labute approximate surface area is 156 Å². The summed E-state index contributed by atoms with van der Waals surface area (Å²) in [5, 5.41) is 3.23. The first-order valence-electron chi connectivity index (χ1n) is 8.42. The normalized spacial score (nSPS) is 10.6. The van der Waals surface area contributed by atoms with Crippen molar-refractivity contribution in [3.05, 3.63) is 73.2 Å². The zero-order chi connectivity index (χ0) is 18.6. The molecule has 0 saturated carbocycles. The van der Waals surface area contributed by atoms with Crippen molar-refractivity contribution in [3.63, 3.8) is 0 Å². The van der Waals surface area contributed by atoms with E-state index in [1.807, 2.05) is 54.1 Å². The van der Waals surface area contributed by atoms with E-state index in [0.29, 0.717) is 5.95 Å². The summed E-state index contributed by atoms with van der Waals surface area (Å²) in [6.07, 6.45) is 8.94. The molecule has 134 valence electrons. The monoisotopic (exact) mass is 358 g/mol. The average Bonchev–Trinajstić information content (AvgIpc) is 3.15. The smallest absolute Gasteiger partial charge is 0.227 e. The number of nitrogens with one attached hydrogen (secondary N) is 1. The highest BCUT2D eigenvalue weighted by atomic mass is 16.5. The Morgan fingerprint density at radius 3 is 2.74 bits per heavy atom. The number of imidazole rings is 1. The first kappa shape index (κ1) is 16.7. The third kappa shape index (κ3) is 3.62. The van der Waals surface area contributed by atoms with Crippen molar-refractivity contribution in [2.75, 3.05) is 12.4 Å². The fourth-order valence-corrected chi connectivity index (χ4v) is 2.74. The molecule has 1 aromatic carbocycles. The van der Waals surface area contributed by atoms with Crippen LogP contribution in [0.15, 0.2) is 67.5 Å². The van der Waals surface area contributed by atoms with Gasteiger partial charge in [0.2, 0.25) is 5.95 Å². The lowest BCUT2D eigenvalue weighted by atomic mass is 10.2. The van der Waals surface area contributed by atoms with Gasteiger partial charge in [0.05, 0.1) is 30.5 Å². The molecule has 0 fully saturated rings. The predicted molar refractivity (Wildman–Crippen MR) is 103 cm³/mol. The second-order valence-corrected chi connectivity index (χ2v) is 5.94. The van der Waals surface area contributed by atoms with Crippen LogP contribution in [-0.2, 0) is 0 Å². The molecule has 0 aliphatic carbocycles. The molecule has 0 bridgehead atoms. The van der Waals surface area contributed by atoms with Gasteiger partial charge in [-0.05, 0) is 37.3 Å². The lowest BCUT2D eigenvalue weighted by molar-refractivity contribution is 0.413. The Balaban J connectivity index is 1.62. The molecule has 7 heteroatoms. The molecule has 0 unspecified atom stereocenters. The molecule has 27 heavy (non-hydrogen) atoms. The maximum absolute atomic E-state index is 5.54. The van der Waals surface area contributed by atoms with Crippen LogP contribution >= 0.6 is 0 Å². The first-order chi connectivity index (χ1) is 13.2. The number of benzene rings is 1. The van der Waals surface area contributed by atoms with Gasteiger partial charge in [-0.1, -0.05) is 0 Å². The molecule has 0 saturated heterocycles. The van der Waals surface area contributed by atoms with E-state index in [2.05, 4.69) is 25.3 Å². The van der Waals surface area contributed by atoms with E-state index in [9.17, 15) is 0 Å². The van der Waals surface area contributed by atoms with Gasteiger partial charge in [-0.2, -0.15) is 0 Å². The summed E-state index contributed by atoms with van der Waals surface area (Å²) in [4.78, 5) is 17.3. The summed E-state index contributed by atoms with van der Waals surface area (Å²) in [6, 6.07) is 11.5. The number of pyridine rings is 1. The number of hydrogen-bond acceptors (Lipinski definition) is 6. The molecule has 0 aliphatic heterocycles. The average molecular weight is 358 g/mol. The fourth-order valence-electron chi connectivity index (χ4n) is 2.74. The van der Waals surface area contributed by atoms with Crippen LogP contribution in [0.2, 0.25) is 0 Å². The van der Waals surface area contributed by atoms with Gasteiger partial charge in [0.25, 0.3) is 0 Å². The Morgan fingerprint density at radius 1 is 1.07 bits per heavy atom. The van der Waals surface area contributed by atoms with Crippen molar-refractivity contribution >= 4 is 11.6 Å². The Bertz CT molecular complexity index is 1060. The van der Waals surface area contributed by atoms with Crippen LogP contribution in [0.4, 0.5) is 11.6 Å². The van der Waals surface area contributed by atoms with Crippen LogP contribution in [-0.4, -0.2) is 31.6 Å². The van der Waals surface area contributed by atoms with Gasteiger partial charge in [0.1, 0.15) is 5.75 Å². The van der Waals surface area contributed by atoms with Gasteiger partial charge in [0, 0.05) is 42.1 Å². The number of aryl methyl sites for hydroxylation is 1. The maximum atomic E-state index is 5.54. The van der Waals surface area contributed by atoms with E-state index in [-0.39, 0.29) is 0 Å². The molecular formula is C20H18N6O. The number of methoxy groups -OCH3 is 1. The molecule has 1 N–H and O–H groups in total. The molecule has 7 nitrogen and oxygen atoms in total. The Morgan fingerprint density at radius 2 is 2.00 bits per heavy atom. The standard InChI is InChI=1S/C20H18N6O/c1-14-12-26(13-23-14)18-6-5-16(10-19(18)27-2)24-20-22-9-7-17(25-20)15-4-3-8-21-11-15/h3-13H,1-2H3,(H,22,24,25). The van der Waals surface area contributed by atoms with Gasteiger partial charge in [-0.25, -0.2) is 15.0 Å². The van der Waals surface area contributed by atoms with Crippen LogP contribution in [0.1, 0.15) is 5.69 Å². The summed E-state index contributed by atoms with van der Waals surface area (Å²) in [7, 11) is 1.64. The van der Waals surface area contributed by atoms with Crippen LogP contribution in [0.25, 0.3) is 16.9 Å². The van der Waals surface area contributed by atoms with Gasteiger partial charge >= 0.3 is 0 Å². The number of rotatable bonds is 5. The molecule has 0 spiro atoms. The van der Waals surface area contributed by atoms with Crippen molar-refractivity contribution in [2.24, 2.45) is 0 Å². The maximum Gasteiger partial charge on any atom is 0.227 e. The third-order valence-corrected chi connectivity index (χ3v) is 4.04. The van der Waals surface area contributed by atoms with E-state index in [4.69, 9.17) is 4.74 Å². The van der Waals surface area contributed by atoms with E-state index < -0.39 is 0 Å². The molecule has 0 atom stereocenters. The number of aromatic nitrogens is 5. The van der Waals surface area contributed by atoms with Crippen LogP contribution in [0.5, 0.6) is 5.75 Å². The summed E-state index contributed by atoms with van der Waals surface area (Å²) < 4.78 is 7.47. The largest absolute Gasteiger partial charge is 0.494 e. The minimum Gasteiger partial charge on any atom is -0.494 e. The van der Waals surface area contributed by atoms with Gasteiger partial charge in [0.15, 0.2) is 0 Å². The van der Waals surface area contributed by atoms with Gasteiger partial charge in [-0.15, -0.1) is 0 Å². The number of nitrogens with zero attached hydrogens (tertiary/aromatic N) is 5. The SMILES string of the molecule is COc1cc(Nc2nccc(-c3cccnc3)n2)ccc1-n1cnc(C)c1. The van der Waals surface area contributed by atoms with Crippen molar-refractivity contribution in [3.8, 4) is 22.7 Å². The summed E-state index contributed by atoms with van der Waals surface area (Å²) in [5.41, 5.74) is 4.42. The first-order valence-corrected chi connectivity index (χ1v) is 8.42. The van der Waals surface area contributed by atoms with Crippen LogP contribution < -0.4 is 10.1 Å². The molecule has 4 rings (SSSR count). The Kier molecular flexibility index (Phi) is 4.49. The van der Waals surface area contributed by atoms with Crippen LogP contribution in [0, 0.1) is 6.92 Å². The highest BCUT2D eigenvalue weighted by Crippen LogP contribution is 2.28. The van der Waals surface area contributed by atoms with E-state index in [1.54, 1.807) is 32.0 Å². The lowest BCUT2D eigenvalue weighted by Crippen LogP contribution is -2.00. The van der Waals surface area contributed by atoms with E-state index >= 15 is 0 Å². The second kappa shape index (κ2) is 7.25. The Hall–Kier alpha value is -3.74. The summed E-state index contributed by atoms with van der Waals surface area (Å²) >= 11 is 0. The fraction of sp³-hybridized carbons (Fsp3) is 0.100. The second-order valence-electron chi connectivity index (χ2n) is 5.94. The van der Waals surface area contributed by atoms with Crippen molar-refractivity contribution < 1.29 is 4.74 Å². The molecule has 0 radical (unpaired) electrons. The third-order valence-electron chi connectivity index (χ3n) is 4.04. The van der Waals surface area contributed by atoms with E-state index in [1.165, 1.54) is 0 Å². The minimum absolute atomic E-state index is 0.504. The van der Waals surface area contributed by atoms with Gasteiger partial charge in [-0.3, -0.25) is 4.98 Å². The minimum atomic E-state index is 0.504.